The molecule has 0 bridgehead atoms. The Morgan fingerprint density at radius 3 is 2.90 bits per heavy atom. The van der Waals surface area contributed by atoms with Crippen LogP contribution in [-0.2, 0) is 4.74 Å². The normalized spacial score (nSPS) is 16.2. The Balaban J connectivity index is 1.71. The number of hydrogen-bond donors (Lipinski definition) is 2. The lowest BCUT2D eigenvalue weighted by Crippen LogP contribution is -2.39. The van der Waals surface area contributed by atoms with Gasteiger partial charge in [0.1, 0.15) is 0 Å². The molecule has 1 aromatic carbocycles. The Morgan fingerprint density at radius 2 is 2.10 bits per heavy atom. The molecule has 3 rings (SSSR count). The molecule has 0 unspecified atom stereocenters. The summed E-state index contributed by atoms with van der Waals surface area (Å²) in [6.07, 6.45) is 1.85. The van der Waals surface area contributed by atoms with Gasteiger partial charge < -0.3 is 15.8 Å². The molecule has 3 N–H and O–H groups in total. The van der Waals surface area contributed by atoms with Crippen molar-refractivity contribution in [2.45, 2.75) is 6.92 Å². The summed E-state index contributed by atoms with van der Waals surface area (Å²) in [5.74, 6) is 0. The number of rotatable bonds is 4. The third-order valence-electron chi connectivity index (χ3n) is 3.92. The number of benzene rings is 1. The first-order valence-electron chi connectivity index (χ1n) is 7.43. The zero-order valence-electron chi connectivity index (χ0n) is 12.4. The monoisotopic (exact) mass is 286 g/mol. The molecule has 0 spiro atoms. The van der Waals surface area contributed by atoms with Gasteiger partial charge in [0, 0.05) is 60.2 Å². The van der Waals surface area contributed by atoms with E-state index in [-0.39, 0.29) is 0 Å². The maximum absolute atomic E-state index is 6.03. The highest BCUT2D eigenvalue weighted by atomic mass is 16.5. The maximum atomic E-state index is 6.03. The number of hydrogen-bond acceptors (Lipinski definition) is 5. The molecule has 5 heteroatoms. The van der Waals surface area contributed by atoms with Gasteiger partial charge in [-0.2, -0.15) is 0 Å². The van der Waals surface area contributed by atoms with Gasteiger partial charge in [0.15, 0.2) is 0 Å². The molecule has 2 heterocycles. The molecular formula is C16H22N4O. The van der Waals surface area contributed by atoms with E-state index in [9.17, 15) is 0 Å². The van der Waals surface area contributed by atoms with E-state index >= 15 is 0 Å². The van der Waals surface area contributed by atoms with Crippen molar-refractivity contribution >= 4 is 22.1 Å². The first kappa shape index (κ1) is 14.1. The number of nitrogens with two attached hydrogens (primary N) is 1. The highest BCUT2D eigenvalue weighted by molar-refractivity contribution is 6.00. The van der Waals surface area contributed by atoms with Crippen molar-refractivity contribution < 1.29 is 4.74 Å². The third-order valence-corrected chi connectivity index (χ3v) is 3.92. The maximum Gasteiger partial charge on any atom is 0.0594 e. The number of nitrogens with one attached hydrogen (secondary N) is 1. The minimum Gasteiger partial charge on any atom is -0.398 e. The molecule has 1 aromatic heterocycles. The van der Waals surface area contributed by atoms with Gasteiger partial charge in [-0.3, -0.25) is 9.88 Å². The number of nitrogen functional groups attached to an aromatic ring is 1. The van der Waals surface area contributed by atoms with Crippen LogP contribution in [0.5, 0.6) is 0 Å². The van der Waals surface area contributed by atoms with Crippen LogP contribution in [0, 0.1) is 6.92 Å². The Morgan fingerprint density at radius 1 is 1.29 bits per heavy atom. The van der Waals surface area contributed by atoms with E-state index in [0.29, 0.717) is 0 Å². The number of anilines is 2. The zero-order valence-corrected chi connectivity index (χ0v) is 12.4. The van der Waals surface area contributed by atoms with E-state index < -0.39 is 0 Å². The Bertz CT molecular complexity index is 623. The number of nitrogens with zero attached hydrogens (tertiary/aromatic N) is 2. The van der Waals surface area contributed by atoms with Crippen molar-refractivity contribution in [1.82, 2.24) is 9.88 Å². The fourth-order valence-corrected chi connectivity index (χ4v) is 2.69. The topological polar surface area (TPSA) is 63.4 Å². The van der Waals surface area contributed by atoms with E-state index in [0.717, 1.165) is 67.2 Å². The summed E-state index contributed by atoms with van der Waals surface area (Å²) in [4.78, 5) is 6.75. The molecule has 1 fully saturated rings. The average Bonchev–Trinajstić information content (AvgIpc) is 2.50. The van der Waals surface area contributed by atoms with E-state index in [1.165, 1.54) is 0 Å². The SMILES string of the molecule is Cc1cc2c(NCCN3CCOCC3)ccc(N)c2cn1. The van der Waals surface area contributed by atoms with Crippen LogP contribution in [0.1, 0.15) is 5.69 Å². The fraction of sp³-hybridized carbons (Fsp3) is 0.438. The van der Waals surface area contributed by atoms with Gasteiger partial charge in [0.25, 0.3) is 0 Å². The van der Waals surface area contributed by atoms with Crippen LogP contribution in [-0.4, -0.2) is 49.3 Å². The van der Waals surface area contributed by atoms with Gasteiger partial charge in [-0.15, -0.1) is 0 Å². The number of pyridine rings is 1. The lowest BCUT2D eigenvalue weighted by atomic mass is 10.1. The molecule has 0 radical (unpaired) electrons. The van der Waals surface area contributed by atoms with Gasteiger partial charge in [-0.25, -0.2) is 0 Å². The van der Waals surface area contributed by atoms with Crippen LogP contribution < -0.4 is 11.1 Å². The molecule has 0 amide bonds. The molecule has 1 aliphatic heterocycles. The lowest BCUT2D eigenvalue weighted by molar-refractivity contribution is 0.0398. The molecule has 0 aliphatic carbocycles. The van der Waals surface area contributed by atoms with E-state index in [1.54, 1.807) is 0 Å². The molecule has 1 aliphatic rings. The second-order valence-electron chi connectivity index (χ2n) is 5.45. The van der Waals surface area contributed by atoms with Crippen LogP contribution in [0.2, 0.25) is 0 Å². The van der Waals surface area contributed by atoms with Gasteiger partial charge in [0.05, 0.1) is 13.2 Å². The molecule has 0 atom stereocenters. The number of aromatic nitrogens is 1. The summed E-state index contributed by atoms with van der Waals surface area (Å²) in [5.41, 5.74) is 8.93. The van der Waals surface area contributed by atoms with Crippen LogP contribution in [0.4, 0.5) is 11.4 Å². The molecule has 5 nitrogen and oxygen atoms in total. The Hall–Kier alpha value is -1.85. The number of ether oxygens (including phenoxy) is 1. The van der Waals surface area contributed by atoms with Crippen LogP contribution in [0.3, 0.4) is 0 Å². The lowest BCUT2D eigenvalue weighted by Gasteiger charge is -2.26. The number of fused-ring (bicyclic) bond motifs is 1. The summed E-state index contributed by atoms with van der Waals surface area (Å²) < 4.78 is 5.37. The molecule has 112 valence electrons. The third kappa shape index (κ3) is 3.25. The van der Waals surface area contributed by atoms with Gasteiger partial charge in [-0.1, -0.05) is 0 Å². The van der Waals surface area contributed by atoms with E-state index in [2.05, 4.69) is 27.3 Å². The van der Waals surface area contributed by atoms with Crippen molar-refractivity contribution in [3.63, 3.8) is 0 Å². The van der Waals surface area contributed by atoms with E-state index in [1.807, 2.05) is 19.2 Å². The predicted octanol–water partition coefficient (Wildman–Crippen LogP) is 1.87. The molecule has 1 saturated heterocycles. The van der Waals surface area contributed by atoms with Crippen LogP contribution in [0.25, 0.3) is 10.8 Å². The first-order valence-corrected chi connectivity index (χ1v) is 7.43. The quantitative estimate of drug-likeness (QED) is 0.840. The highest BCUT2D eigenvalue weighted by Gasteiger charge is 2.10. The first-order chi connectivity index (χ1) is 10.2. The fourth-order valence-electron chi connectivity index (χ4n) is 2.69. The van der Waals surface area contributed by atoms with Gasteiger partial charge in [0.2, 0.25) is 0 Å². The van der Waals surface area contributed by atoms with Gasteiger partial charge >= 0.3 is 0 Å². The standard InChI is InChI=1S/C16H22N4O/c1-12-10-13-14(11-19-12)15(17)2-3-16(13)18-4-5-20-6-8-21-9-7-20/h2-3,10-11,18H,4-9,17H2,1H3. The van der Waals surface area contributed by atoms with Crippen molar-refractivity contribution in [2.75, 3.05) is 50.4 Å². The zero-order chi connectivity index (χ0) is 14.7. The summed E-state index contributed by atoms with van der Waals surface area (Å²) in [7, 11) is 0. The highest BCUT2D eigenvalue weighted by Crippen LogP contribution is 2.28. The Labute approximate surface area is 125 Å². The van der Waals surface area contributed by atoms with Crippen LogP contribution >= 0.6 is 0 Å². The van der Waals surface area contributed by atoms with Crippen molar-refractivity contribution in [1.29, 1.82) is 0 Å². The van der Waals surface area contributed by atoms with Gasteiger partial charge in [-0.05, 0) is 25.1 Å². The summed E-state index contributed by atoms with van der Waals surface area (Å²) in [6, 6.07) is 6.08. The molecule has 21 heavy (non-hydrogen) atoms. The molecular weight excluding hydrogens is 264 g/mol. The number of aryl methyl sites for hydroxylation is 1. The number of morpholine rings is 1. The molecule has 0 saturated carbocycles. The van der Waals surface area contributed by atoms with Crippen molar-refractivity contribution in [2.24, 2.45) is 0 Å². The van der Waals surface area contributed by atoms with E-state index in [4.69, 9.17) is 10.5 Å². The average molecular weight is 286 g/mol. The van der Waals surface area contributed by atoms with Crippen molar-refractivity contribution in [3.8, 4) is 0 Å². The largest absolute Gasteiger partial charge is 0.398 e. The summed E-state index contributed by atoms with van der Waals surface area (Å²) in [5, 5.41) is 5.68. The van der Waals surface area contributed by atoms with Crippen LogP contribution in [0.15, 0.2) is 24.4 Å². The minimum atomic E-state index is 0.774. The summed E-state index contributed by atoms with van der Waals surface area (Å²) in [6.45, 7) is 7.67. The second kappa shape index (κ2) is 6.28. The predicted molar refractivity (Wildman–Crippen MR) is 86.6 cm³/mol. The van der Waals surface area contributed by atoms with Crippen molar-refractivity contribution in [3.05, 3.63) is 30.1 Å². The second-order valence-corrected chi connectivity index (χ2v) is 5.45. The summed E-state index contributed by atoms with van der Waals surface area (Å²) >= 11 is 0. The smallest absolute Gasteiger partial charge is 0.0594 e. The minimum absolute atomic E-state index is 0.774. The Kier molecular flexibility index (Phi) is 4.22. The molecule has 2 aromatic rings.